The molecule has 10 nitrogen and oxygen atoms in total. The molecule has 0 unspecified atom stereocenters. The maximum atomic E-state index is 12.8. The standard InChI is InChI=1S/C27H21NO9/c1-31-22-12-17(13-23(32-2)24(22)33-3)25-28-18(27(30)37-25)10-15-6-4-5-7-19(15)36-26(29)16-8-9-20-21(11-16)35-14-34-20/h4-13H,14H2,1-3H3/b18-10-. The summed E-state index contributed by atoms with van der Waals surface area (Å²) in [4.78, 5) is 29.8. The van der Waals surface area contributed by atoms with E-state index in [2.05, 4.69) is 4.99 Å². The average Bonchev–Trinajstić information content (AvgIpc) is 3.54. The first-order valence-electron chi connectivity index (χ1n) is 11.0. The number of ether oxygens (including phenoxy) is 7. The molecule has 10 heteroatoms. The second-order valence-corrected chi connectivity index (χ2v) is 7.75. The summed E-state index contributed by atoms with van der Waals surface area (Å²) >= 11 is 0. The van der Waals surface area contributed by atoms with Crippen molar-refractivity contribution in [1.29, 1.82) is 0 Å². The minimum atomic E-state index is -0.666. The summed E-state index contributed by atoms with van der Waals surface area (Å²) < 4.78 is 37.7. The van der Waals surface area contributed by atoms with E-state index >= 15 is 0 Å². The van der Waals surface area contributed by atoms with Gasteiger partial charge in [0, 0.05) is 11.1 Å². The Kier molecular flexibility index (Phi) is 6.38. The third-order valence-corrected chi connectivity index (χ3v) is 5.55. The van der Waals surface area contributed by atoms with E-state index in [0.717, 1.165) is 0 Å². The van der Waals surface area contributed by atoms with E-state index in [-0.39, 0.29) is 29.7 Å². The molecule has 2 heterocycles. The normalized spacial score (nSPS) is 14.7. The van der Waals surface area contributed by atoms with Crippen molar-refractivity contribution < 1.29 is 42.7 Å². The number of benzene rings is 3. The van der Waals surface area contributed by atoms with E-state index in [9.17, 15) is 9.59 Å². The summed E-state index contributed by atoms with van der Waals surface area (Å²) in [5.74, 6) is 1.22. The summed E-state index contributed by atoms with van der Waals surface area (Å²) in [6.45, 7) is 0.0962. The van der Waals surface area contributed by atoms with E-state index in [1.165, 1.54) is 27.4 Å². The molecule has 5 rings (SSSR count). The monoisotopic (exact) mass is 503 g/mol. The molecule has 3 aromatic carbocycles. The Morgan fingerprint density at radius 2 is 1.62 bits per heavy atom. The molecule has 2 aliphatic rings. The second kappa shape index (κ2) is 9.94. The quantitative estimate of drug-likeness (QED) is 0.268. The molecule has 0 aliphatic carbocycles. The number of rotatable bonds is 7. The number of cyclic esters (lactones) is 1. The minimum absolute atomic E-state index is 0.0235. The lowest BCUT2D eigenvalue weighted by Gasteiger charge is -2.13. The van der Waals surface area contributed by atoms with Gasteiger partial charge in [-0.25, -0.2) is 14.6 Å². The van der Waals surface area contributed by atoms with Gasteiger partial charge in [-0.3, -0.25) is 0 Å². The fourth-order valence-corrected chi connectivity index (χ4v) is 3.76. The number of para-hydroxylation sites is 1. The molecule has 0 saturated carbocycles. The van der Waals surface area contributed by atoms with Crippen molar-refractivity contribution in [1.82, 2.24) is 0 Å². The number of aliphatic imine (C=N–C) groups is 1. The van der Waals surface area contributed by atoms with Gasteiger partial charge >= 0.3 is 11.9 Å². The smallest absolute Gasteiger partial charge is 0.363 e. The van der Waals surface area contributed by atoms with Crippen LogP contribution in [0.1, 0.15) is 21.5 Å². The van der Waals surface area contributed by atoms with E-state index in [1.807, 2.05) is 0 Å². The molecule has 37 heavy (non-hydrogen) atoms. The molecule has 2 aliphatic heterocycles. The summed E-state index contributed by atoms with van der Waals surface area (Å²) in [6.07, 6.45) is 1.48. The van der Waals surface area contributed by atoms with Crippen LogP contribution in [0.25, 0.3) is 6.08 Å². The lowest BCUT2D eigenvalue weighted by atomic mass is 10.1. The third kappa shape index (κ3) is 4.64. The Morgan fingerprint density at radius 3 is 2.35 bits per heavy atom. The second-order valence-electron chi connectivity index (χ2n) is 7.75. The summed E-state index contributed by atoms with van der Waals surface area (Å²) in [6, 6.07) is 14.8. The number of carbonyl (C=O) groups is 2. The van der Waals surface area contributed by atoms with Gasteiger partial charge in [0.15, 0.2) is 28.7 Å². The first-order valence-corrected chi connectivity index (χ1v) is 11.0. The zero-order valence-electron chi connectivity index (χ0n) is 20.1. The van der Waals surface area contributed by atoms with Crippen molar-refractivity contribution in [2.24, 2.45) is 4.99 Å². The van der Waals surface area contributed by atoms with Crippen LogP contribution >= 0.6 is 0 Å². The van der Waals surface area contributed by atoms with Crippen LogP contribution in [0.2, 0.25) is 0 Å². The molecule has 0 amide bonds. The molecule has 0 saturated heterocycles. The van der Waals surface area contributed by atoms with Crippen molar-refractivity contribution in [2.75, 3.05) is 28.1 Å². The molecular formula is C27H21NO9. The summed E-state index contributed by atoms with van der Waals surface area (Å²) in [5.41, 5.74) is 1.22. The van der Waals surface area contributed by atoms with Crippen LogP contribution in [0.4, 0.5) is 0 Å². The van der Waals surface area contributed by atoms with Crippen LogP contribution in [-0.4, -0.2) is 46.0 Å². The Labute approximate surface area is 211 Å². The van der Waals surface area contributed by atoms with Crippen LogP contribution in [0.3, 0.4) is 0 Å². The van der Waals surface area contributed by atoms with Crippen LogP contribution in [0, 0.1) is 0 Å². The average molecular weight is 503 g/mol. The molecule has 188 valence electrons. The van der Waals surface area contributed by atoms with Crippen molar-refractivity contribution in [3.8, 4) is 34.5 Å². The van der Waals surface area contributed by atoms with Crippen molar-refractivity contribution >= 4 is 23.9 Å². The van der Waals surface area contributed by atoms with Crippen molar-refractivity contribution in [2.45, 2.75) is 0 Å². The predicted octanol–water partition coefficient (Wildman–Crippen LogP) is 4.00. The van der Waals surface area contributed by atoms with Gasteiger partial charge in [0.2, 0.25) is 18.4 Å². The van der Waals surface area contributed by atoms with E-state index in [4.69, 9.17) is 33.2 Å². The van der Waals surface area contributed by atoms with Gasteiger partial charge in [0.1, 0.15) is 5.75 Å². The van der Waals surface area contributed by atoms with Gasteiger partial charge < -0.3 is 33.2 Å². The zero-order valence-corrected chi connectivity index (χ0v) is 20.1. The minimum Gasteiger partial charge on any atom is -0.493 e. The fraction of sp³-hybridized carbons (Fsp3) is 0.148. The number of methoxy groups -OCH3 is 3. The predicted molar refractivity (Wildman–Crippen MR) is 131 cm³/mol. The van der Waals surface area contributed by atoms with Crippen LogP contribution < -0.4 is 28.4 Å². The van der Waals surface area contributed by atoms with Gasteiger partial charge in [-0.15, -0.1) is 0 Å². The number of nitrogens with zero attached hydrogens (tertiary/aromatic N) is 1. The fourth-order valence-electron chi connectivity index (χ4n) is 3.76. The molecule has 0 bridgehead atoms. The lowest BCUT2D eigenvalue weighted by Crippen LogP contribution is -2.09. The molecule has 0 atom stereocenters. The first kappa shape index (κ1) is 23.7. The number of hydrogen-bond donors (Lipinski definition) is 0. The summed E-state index contributed by atoms with van der Waals surface area (Å²) in [7, 11) is 4.46. The molecular weight excluding hydrogens is 482 g/mol. The number of hydrogen-bond acceptors (Lipinski definition) is 10. The SMILES string of the molecule is COc1cc(C2=N/C(=C\c3ccccc3OC(=O)c3ccc4c(c3)OCO4)C(=O)O2)cc(OC)c1OC. The maximum Gasteiger partial charge on any atom is 0.363 e. The van der Waals surface area contributed by atoms with E-state index in [1.54, 1.807) is 54.6 Å². The van der Waals surface area contributed by atoms with E-state index in [0.29, 0.717) is 39.9 Å². The highest BCUT2D eigenvalue weighted by Gasteiger charge is 2.27. The van der Waals surface area contributed by atoms with Crippen LogP contribution in [0.15, 0.2) is 65.3 Å². The maximum absolute atomic E-state index is 12.8. The molecule has 0 radical (unpaired) electrons. The Bertz CT molecular complexity index is 1430. The largest absolute Gasteiger partial charge is 0.493 e. The molecule has 3 aromatic rings. The van der Waals surface area contributed by atoms with Gasteiger partial charge in [0.25, 0.3) is 0 Å². The molecule has 0 fully saturated rings. The zero-order chi connectivity index (χ0) is 25.9. The van der Waals surface area contributed by atoms with Crippen molar-refractivity contribution in [3.63, 3.8) is 0 Å². The highest BCUT2D eigenvalue weighted by molar-refractivity contribution is 6.13. The highest BCUT2D eigenvalue weighted by atomic mass is 16.7. The van der Waals surface area contributed by atoms with Crippen molar-refractivity contribution in [3.05, 3.63) is 77.0 Å². The topological polar surface area (TPSA) is 111 Å². The van der Waals surface area contributed by atoms with Gasteiger partial charge in [-0.2, -0.15) is 0 Å². The number of carbonyl (C=O) groups excluding carboxylic acids is 2. The summed E-state index contributed by atoms with van der Waals surface area (Å²) in [5, 5.41) is 0. The Balaban J connectivity index is 1.43. The third-order valence-electron chi connectivity index (χ3n) is 5.55. The van der Waals surface area contributed by atoms with E-state index < -0.39 is 11.9 Å². The number of esters is 2. The number of fused-ring (bicyclic) bond motifs is 1. The van der Waals surface area contributed by atoms with Gasteiger partial charge in [0.05, 0.1) is 26.9 Å². The lowest BCUT2D eigenvalue weighted by molar-refractivity contribution is -0.129. The first-order chi connectivity index (χ1) is 18.0. The van der Waals surface area contributed by atoms with Crippen LogP contribution in [0.5, 0.6) is 34.5 Å². The van der Waals surface area contributed by atoms with Crippen LogP contribution in [-0.2, 0) is 9.53 Å². The Hall–Kier alpha value is -4.99. The Morgan fingerprint density at radius 1 is 0.892 bits per heavy atom. The highest BCUT2D eigenvalue weighted by Crippen LogP contribution is 2.39. The molecule has 0 aromatic heterocycles. The van der Waals surface area contributed by atoms with Gasteiger partial charge in [-0.1, -0.05) is 18.2 Å². The molecule has 0 spiro atoms. The van der Waals surface area contributed by atoms with Gasteiger partial charge in [-0.05, 0) is 42.5 Å². The molecule has 0 N–H and O–H groups in total.